The first-order valence-electron chi connectivity index (χ1n) is 3.38. The third-order valence-electron chi connectivity index (χ3n) is 1.15. The third kappa shape index (κ3) is 6.28. The number of benzene rings is 1. The van der Waals surface area contributed by atoms with E-state index in [9.17, 15) is 0 Å². The first-order chi connectivity index (χ1) is 5.74. The Labute approximate surface area is 95.3 Å². The third-order valence-corrected chi connectivity index (χ3v) is 1.15. The Kier molecular flexibility index (Phi) is 8.87. The van der Waals surface area contributed by atoms with Crippen LogP contribution >= 0.6 is 25.8 Å². The Balaban J connectivity index is 0.000000354. The van der Waals surface area contributed by atoms with Crippen molar-refractivity contribution in [1.29, 1.82) is 0 Å². The summed E-state index contributed by atoms with van der Waals surface area (Å²) in [6.45, 7) is 1.99. The molecular formula is C8H9Br2MgO. The lowest BCUT2D eigenvalue weighted by Crippen LogP contribution is -1.81. The van der Waals surface area contributed by atoms with Crippen molar-refractivity contribution in [3.63, 3.8) is 0 Å². The Morgan fingerprint density at radius 3 is 2.42 bits per heavy atom. The average molecular weight is 305 g/mol. The summed E-state index contributed by atoms with van der Waals surface area (Å²) in [7, 11) is 1.66. The molecule has 1 rings (SSSR count). The molecule has 1 aromatic rings. The highest BCUT2D eigenvalue weighted by Crippen LogP contribution is 2.09. The van der Waals surface area contributed by atoms with E-state index < -0.39 is 0 Å². The molecule has 0 amide bonds. The number of rotatable bonds is 1. The van der Waals surface area contributed by atoms with E-state index in [1.807, 2.05) is 25.1 Å². The SMILES string of the molecule is COc1cc[c]c(C)c1.[Br][Mg][Br]. The van der Waals surface area contributed by atoms with E-state index in [4.69, 9.17) is 4.74 Å². The van der Waals surface area contributed by atoms with Crippen molar-refractivity contribution in [2.45, 2.75) is 6.92 Å². The van der Waals surface area contributed by atoms with Gasteiger partial charge in [0.2, 0.25) is 0 Å². The molecule has 0 N–H and O–H groups in total. The number of hydrogen-bond donors (Lipinski definition) is 0. The highest BCUT2D eigenvalue weighted by atomic mass is 79.9. The molecule has 0 aliphatic carbocycles. The average Bonchev–Trinajstić information content (AvgIpc) is 2.06. The lowest BCUT2D eigenvalue weighted by atomic mass is 10.2. The Bertz CT molecular complexity index is 218. The number of aryl methyl sites for hydroxylation is 1. The van der Waals surface area contributed by atoms with Crippen LogP contribution in [-0.2, 0) is 0 Å². The molecule has 1 radical (unpaired) electrons. The van der Waals surface area contributed by atoms with E-state index in [0.717, 1.165) is 11.3 Å². The second-order valence-electron chi connectivity index (χ2n) is 2.01. The molecule has 0 saturated carbocycles. The Morgan fingerprint density at radius 2 is 2.08 bits per heavy atom. The molecule has 0 spiro atoms. The van der Waals surface area contributed by atoms with Gasteiger partial charge in [0, 0.05) is 0 Å². The first-order valence-corrected chi connectivity index (χ1v) is 11.2. The van der Waals surface area contributed by atoms with Crippen molar-refractivity contribution < 1.29 is 4.74 Å². The molecule has 1 aromatic carbocycles. The summed E-state index contributed by atoms with van der Waals surface area (Å²) in [6, 6.07) is 8.71. The lowest BCUT2D eigenvalue weighted by molar-refractivity contribution is 0.414. The van der Waals surface area contributed by atoms with Gasteiger partial charge in [-0.15, -0.1) is 0 Å². The Hall–Kier alpha value is 0.746. The van der Waals surface area contributed by atoms with Gasteiger partial charge < -0.3 is 4.74 Å². The van der Waals surface area contributed by atoms with Crippen molar-refractivity contribution in [3.05, 3.63) is 29.8 Å². The number of hydrogen-bond acceptors (Lipinski definition) is 1. The smallest absolute Gasteiger partial charge is 0.497 e. The number of methoxy groups -OCH3 is 1. The van der Waals surface area contributed by atoms with Gasteiger partial charge in [-0.25, -0.2) is 0 Å². The van der Waals surface area contributed by atoms with Crippen LogP contribution in [0.25, 0.3) is 0 Å². The minimum atomic E-state index is 0.0417. The van der Waals surface area contributed by atoms with Crippen LogP contribution in [0, 0.1) is 13.0 Å². The fourth-order valence-corrected chi connectivity index (χ4v) is 0.685. The fourth-order valence-electron chi connectivity index (χ4n) is 0.685. The van der Waals surface area contributed by atoms with Crippen molar-refractivity contribution in [3.8, 4) is 5.75 Å². The van der Waals surface area contributed by atoms with Gasteiger partial charge in [-0.2, -0.15) is 0 Å². The van der Waals surface area contributed by atoms with Crippen LogP contribution in [0.1, 0.15) is 5.56 Å². The van der Waals surface area contributed by atoms with Crippen molar-refractivity contribution in [2.24, 2.45) is 0 Å². The van der Waals surface area contributed by atoms with Crippen LogP contribution in [0.15, 0.2) is 18.2 Å². The summed E-state index contributed by atoms with van der Waals surface area (Å²) in [5.41, 5.74) is 1.11. The van der Waals surface area contributed by atoms with Crippen LogP contribution in [0.5, 0.6) is 5.75 Å². The molecule has 63 valence electrons. The van der Waals surface area contributed by atoms with Crippen molar-refractivity contribution in [2.75, 3.05) is 7.11 Å². The van der Waals surface area contributed by atoms with Gasteiger partial charge in [-0.3, -0.25) is 25.8 Å². The summed E-state index contributed by atoms with van der Waals surface area (Å²) in [6.07, 6.45) is 0. The van der Waals surface area contributed by atoms with Crippen LogP contribution in [0.4, 0.5) is 0 Å². The molecule has 1 nitrogen and oxygen atoms in total. The second-order valence-corrected chi connectivity index (χ2v) is 10.1. The summed E-state index contributed by atoms with van der Waals surface area (Å²) in [5, 5.41) is 0. The minimum Gasteiger partial charge on any atom is -0.497 e. The van der Waals surface area contributed by atoms with Crippen molar-refractivity contribution in [1.82, 2.24) is 0 Å². The molecule has 0 bridgehead atoms. The largest absolute Gasteiger partial charge is 0.560 e. The van der Waals surface area contributed by atoms with Gasteiger partial charge in [-0.1, -0.05) is 6.07 Å². The topological polar surface area (TPSA) is 9.23 Å². The fraction of sp³-hybridized carbons (Fsp3) is 0.250. The molecule has 4 heteroatoms. The zero-order valence-corrected chi connectivity index (χ0v) is 11.7. The standard InChI is InChI=1S/C8H9O.2BrH.Mg/c1-7-4-3-5-8(6-7)9-2;;;/h3,5-6H,1-2H3;2*1H;/q;;;+2/p-2. The number of halogens is 2. The quantitative estimate of drug-likeness (QED) is 0.724. The lowest BCUT2D eigenvalue weighted by Gasteiger charge is -1.97. The molecule has 0 aliphatic rings. The normalized spacial score (nSPS) is 7.67. The number of ether oxygens (including phenoxy) is 1. The van der Waals surface area contributed by atoms with E-state index in [0.29, 0.717) is 0 Å². The summed E-state index contributed by atoms with van der Waals surface area (Å²) in [4.78, 5) is 0. The van der Waals surface area contributed by atoms with E-state index in [1.165, 1.54) is 0 Å². The van der Waals surface area contributed by atoms with Gasteiger partial charge in [0.05, 0.1) is 7.11 Å². The Morgan fingerprint density at radius 1 is 1.50 bits per heavy atom. The summed E-state index contributed by atoms with van der Waals surface area (Å²) in [5.74, 6) is 0.895. The molecule has 0 fully saturated rings. The van der Waals surface area contributed by atoms with E-state index in [2.05, 4.69) is 31.8 Å². The first kappa shape index (κ1) is 12.7. The van der Waals surface area contributed by atoms with Crippen molar-refractivity contribution >= 4 is 41.8 Å². The molecule has 0 heterocycles. The summed E-state index contributed by atoms with van der Waals surface area (Å²) < 4.78 is 4.97. The predicted molar refractivity (Wildman–Crippen MR) is 60.2 cm³/mol. The van der Waals surface area contributed by atoms with E-state index in [-0.39, 0.29) is 16.0 Å². The maximum absolute atomic E-state index is 4.97. The van der Waals surface area contributed by atoms with E-state index in [1.54, 1.807) is 7.11 Å². The molecule has 0 unspecified atom stereocenters. The minimum absolute atomic E-state index is 0.0417. The highest BCUT2D eigenvalue weighted by molar-refractivity contribution is 9.47. The van der Waals surface area contributed by atoms with Gasteiger partial charge in [0.25, 0.3) is 0 Å². The second kappa shape index (κ2) is 8.35. The van der Waals surface area contributed by atoms with Crippen LogP contribution in [0.3, 0.4) is 0 Å². The zero-order valence-electron chi connectivity index (χ0n) is 7.10. The maximum atomic E-state index is 4.97. The highest BCUT2D eigenvalue weighted by Gasteiger charge is 1.87. The summed E-state index contributed by atoms with van der Waals surface area (Å²) >= 11 is 6.44. The predicted octanol–water partition coefficient (Wildman–Crippen LogP) is 3.11. The molecule has 0 atom stereocenters. The van der Waals surface area contributed by atoms with Gasteiger partial charge >= 0.3 is 16.0 Å². The molecule has 0 aliphatic heterocycles. The molecule has 12 heavy (non-hydrogen) atoms. The molecule has 0 aromatic heterocycles. The molecule has 0 saturated heterocycles. The van der Waals surface area contributed by atoms with E-state index >= 15 is 0 Å². The van der Waals surface area contributed by atoms with Crippen LogP contribution < -0.4 is 4.74 Å². The van der Waals surface area contributed by atoms with Crippen LogP contribution in [0.2, 0.25) is 0 Å². The maximum Gasteiger partial charge on any atom is 0.560 e. The molecular weight excluding hydrogens is 296 g/mol. The zero-order chi connectivity index (χ0) is 9.40. The van der Waals surface area contributed by atoms with Crippen LogP contribution in [-0.4, -0.2) is 23.1 Å². The van der Waals surface area contributed by atoms with Gasteiger partial charge in [0.1, 0.15) is 5.75 Å². The van der Waals surface area contributed by atoms with Gasteiger partial charge in [0.15, 0.2) is 0 Å². The van der Waals surface area contributed by atoms with Gasteiger partial charge in [-0.05, 0) is 30.7 Å². The monoisotopic (exact) mass is 303 g/mol.